The monoisotopic (exact) mass is 396 g/mol. The summed E-state index contributed by atoms with van der Waals surface area (Å²) in [6.45, 7) is 0.556. The number of primary sulfonamides is 1. The van der Waals surface area contributed by atoms with Gasteiger partial charge in [0.15, 0.2) is 0 Å². The first-order chi connectivity index (χ1) is 11.8. The Morgan fingerprint density at radius 2 is 2.04 bits per heavy atom. The lowest BCUT2D eigenvalue weighted by molar-refractivity contribution is -0.116. The van der Waals surface area contributed by atoms with E-state index in [2.05, 4.69) is 0 Å². The van der Waals surface area contributed by atoms with Crippen LogP contribution in [0.15, 0.2) is 47.4 Å². The zero-order valence-electron chi connectivity index (χ0n) is 13.3. The molecule has 0 unspecified atom stereocenters. The van der Waals surface area contributed by atoms with E-state index in [0.717, 1.165) is 16.8 Å². The van der Waals surface area contributed by atoms with Gasteiger partial charge in [0.2, 0.25) is 15.9 Å². The van der Waals surface area contributed by atoms with Gasteiger partial charge in [-0.05, 0) is 47.9 Å². The molecule has 0 saturated carbocycles. The Morgan fingerprint density at radius 3 is 2.76 bits per heavy atom. The topological polar surface area (TPSA) is 80.5 Å². The number of thioether (sulfide) groups is 1. The van der Waals surface area contributed by atoms with Crippen LogP contribution in [0.1, 0.15) is 11.1 Å². The zero-order valence-corrected chi connectivity index (χ0v) is 15.7. The van der Waals surface area contributed by atoms with Crippen LogP contribution in [0.5, 0.6) is 0 Å². The summed E-state index contributed by atoms with van der Waals surface area (Å²) in [5.74, 6) is 1.06. The van der Waals surface area contributed by atoms with Gasteiger partial charge in [0.05, 0.1) is 10.6 Å². The summed E-state index contributed by atoms with van der Waals surface area (Å²) in [4.78, 5) is 14.3. The highest BCUT2D eigenvalue weighted by atomic mass is 35.5. The Labute approximate surface area is 156 Å². The molecule has 2 aromatic carbocycles. The number of carbonyl (C=O) groups is 1. The Bertz CT molecular complexity index is 916. The number of benzene rings is 2. The molecule has 1 amide bonds. The van der Waals surface area contributed by atoms with E-state index in [1.165, 1.54) is 17.8 Å². The molecule has 25 heavy (non-hydrogen) atoms. The standard InChI is InChI=1S/C17H17ClN2O3S2/c18-14-3-1-2-12(8-14)10-24-11-17(21)20-7-6-13-9-15(25(19,22)23)4-5-16(13)20/h1-5,8-9H,6-7,10-11H2,(H2,19,22,23). The maximum absolute atomic E-state index is 12.5. The molecular weight excluding hydrogens is 380 g/mol. The first-order valence-electron chi connectivity index (χ1n) is 7.63. The summed E-state index contributed by atoms with van der Waals surface area (Å²) in [6.07, 6.45) is 0.628. The quantitative estimate of drug-likeness (QED) is 0.842. The van der Waals surface area contributed by atoms with Crippen LogP contribution in [0.4, 0.5) is 5.69 Å². The molecule has 132 valence electrons. The lowest BCUT2D eigenvalue weighted by atomic mass is 10.2. The SMILES string of the molecule is NS(=O)(=O)c1ccc2c(c1)CCN2C(=O)CSCc1cccc(Cl)c1. The van der Waals surface area contributed by atoms with E-state index in [-0.39, 0.29) is 10.8 Å². The number of amides is 1. The van der Waals surface area contributed by atoms with Gasteiger partial charge in [-0.1, -0.05) is 23.7 Å². The fourth-order valence-electron chi connectivity index (χ4n) is 2.78. The fourth-order valence-corrected chi connectivity index (χ4v) is 4.40. The minimum absolute atomic E-state index is 0.00846. The number of hydrogen-bond acceptors (Lipinski definition) is 4. The van der Waals surface area contributed by atoms with Gasteiger partial charge >= 0.3 is 0 Å². The highest BCUT2D eigenvalue weighted by Crippen LogP contribution is 2.30. The number of anilines is 1. The summed E-state index contributed by atoms with van der Waals surface area (Å²) in [6, 6.07) is 12.2. The largest absolute Gasteiger partial charge is 0.311 e. The summed E-state index contributed by atoms with van der Waals surface area (Å²) in [7, 11) is -3.73. The lowest BCUT2D eigenvalue weighted by Gasteiger charge is -2.17. The van der Waals surface area contributed by atoms with Crippen LogP contribution < -0.4 is 10.0 Å². The molecule has 2 N–H and O–H groups in total. The van der Waals surface area contributed by atoms with Gasteiger partial charge < -0.3 is 4.90 Å². The van der Waals surface area contributed by atoms with E-state index in [4.69, 9.17) is 16.7 Å². The Balaban J connectivity index is 1.63. The third kappa shape index (κ3) is 4.36. The third-order valence-corrected chi connectivity index (χ3v) is 6.09. The van der Waals surface area contributed by atoms with Crippen LogP contribution in [-0.4, -0.2) is 26.6 Å². The minimum atomic E-state index is -3.73. The van der Waals surface area contributed by atoms with E-state index in [1.54, 1.807) is 17.0 Å². The van der Waals surface area contributed by atoms with Crippen molar-refractivity contribution in [1.82, 2.24) is 0 Å². The Kier molecular flexibility index (Phi) is 5.38. The van der Waals surface area contributed by atoms with Crippen LogP contribution >= 0.6 is 23.4 Å². The molecule has 0 bridgehead atoms. The number of nitrogens with two attached hydrogens (primary N) is 1. The van der Waals surface area contributed by atoms with Crippen LogP contribution in [0, 0.1) is 0 Å². The summed E-state index contributed by atoms with van der Waals surface area (Å²) < 4.78 is 22.9. The van der Waals surface area contributed by atoms with Crippen LogP contribution in [-0.2, 0) is 27.0 Å². The Morgan fingerprint density at radius 1 is 1.24 bits per heavy atom. The Hall–Kier alpha value is -1.54. The average Bonchev–Trinajstić information content (AvgIpc) is 2.97. The van der Waals surface area contributed by atoms with E-state index in [9.17, 15) is 13.2 Å². The smallest absolute Gasteiger partial charge is 0.238 e. The van der Waals surface area contributed by atoms with Crippen molar-refractivity contribution in [2.45, 2.75) is 17.1 Å². The molecule has 1 aliphatic rings. The van der Waals surface area contributed by atoms with Crippen molar-refractivity contribution in [3.63, 3.8) is 0 Å². The molecule has 0 spiro atoms. The molecule has 0 atom stereocenters. The van der Waals surface area contributed by atoms with Gasteiger partial charge in [-0.25, -0.2) is 13.6 Å². The highest BCUT2D eigenvalue weighted by molar-refractivity contribution is 7.99. The molecule has 3 rings (SSSR count). The van der Waals surface area contributed by atoms with Gasteiger partial charge in [0.25, 0.3) is 0 Å². The molecular formula is C17H17ClN2O3S2. The van der Waals surface area contributed by atoms with Crippen molar-refractivity contribution in [2.24, 2.45) is 5.14 Å². The van der Waals surface area contributed by atoms with Gasteiger partial charge in [-0.15, -0.1) is 11.8 Å². The second-order valence-electron chi connectivity index (χ2n) is 5.75. The molecule has 0 radical (unpaired) electrons. The van der Waals surface area contributed by atoms with Crippen LogP contribution in [0.2, 0.25) is 5.02 Å². The molecule has 2 aromatic rings. The molecule has 5 nitrogen and oxygen atoms in total. The summed E-state index contributed by atoms with van der Waals surface area (Å²) in [5, 5.41) is 5.84. The fraction of sp³-hybridized carbons (Fsp3) is 0.235. The molecule has 1 aliphatic heterocycles. The van der Waals surface area contributed by atoms with Crippen LogP contribution in [0.3, 0.4) is 0 Å². The van der Waals surface area contributed by atoms with Crippen molar-refractivity contribution in [3.8, 4) is 0 Å². The predicted octanol–water partition coefficient (Wildman–Crippen LogP) is 2.81. The number of hydrogen-bond donors (Lipinski definition) is 1. The third-order valence-electron chi connectivity index (χ3n) is 3.96. The predicted molar refractivity (Wildman–Crippen MR) is 101 cm³/mol. The molecule has 8 heteroatoms. The number of nitrogens with zero attached hydrogens (tertiary/aromatic N) is 1. The van der Waals surface area contributed by atoms with Crippen molar-refractivity contribution < 1.29 is 13.2 Å². The number of fused-ring (bicyclic) bond motifs is 1. The molecule has 0 aromatic heterocycles. The number of rotatable bonds is 5. The van der Waals surface area contributed by atoms with E-state index >= 15 is 0 Å². The second-order valence-corrected chi connectivity index (χ2v) is 8.74. The van der Waals surface area contributed by atoms with Crippen molar-refractivity contribution in [3.05, 3.63) is 58.6 Å². The van der Waals surface area contributed by atoms with E-state index in [1.807, 2.05) is 24.3 Å². The van der Waals surface area contributed by atoms with Gasteiger partial charge in [-0.3, -0.25) is 4.79 Å². The van der Waals surface area contributed by atoms with Crippen LogP contribution in [0.25, 0.3) is 0 Å². The van der Waals surface area contributed by atoms with Gasteiger partial charge in [0, 0.05) is 23.0 Å². The lowest BCUT2D eigenvalue weighted by Crippen LogP contribution is -2.30. The first kappa shape index (κ1) is 18.3. The normalized spacial score (nSPS) is 13.8. The minimum Gasteiger partial charge on any atom is -0.311 e. The van der Waals surface area contributed by atoms with E-state index in [0.29, 0.717) is 29.5 Å². The number of sulfonamides is 1. The molecule has 0 saturated heterocycles. The summed E-state index contributed by atoms with van der Waals surface area (Å²) in [5.41, 5.74) is 2.67. The number of halogens is 1. The summed E-state index contributed by atoms with van der Waals surface area (Å²) >= 11 is 7.48. The van der Waals surface area contributed by atoms with Gasteiger partial charge in [0.1, 0.15) is 0 Å². The van der Waals surface area contributed by atoms with Gasteiger partial charge in [-0.2, -0.15) is 0 Å². The van der Waals surface area contributed by atoms with Crippen molar-refractivity contribution in [1.29, 1.82) is 0 Å². The molecule has 0 fully saturated rings. The zero-order chi connectivity index (χ0) is 18.0. The van der Waals surface area contributed by atoms with Crippen molar-refractivity contribution in [2.75, 3.05) is 17.2 Å². The molecule has 0 aliphatic carbocycles. The van der Waals surface area contributed by atoms with E-state index < -0.39 is 10.0 Å². The second kappa shape index (κ2) is 7.37. The first-order valence-corrected chi connectivity index (χ1v) is 10.7. The maximum Gasteiger partial charge on any atom is 0.238 e. The highest BCUT2D eigenvalue weighted by Gasteiger charge is 2.25. The maximum atomic E-state index is 12.5. The number of carbonyl (C=O) groups excluding carboxylic acids is 1. The average molecular weight is 397 g/mol. The van der Waals surface area contributed by atoms with Crippen molar-refractivity contribution >= 4 is 45.0 Å². The molecule has 1 heterocycles.